The molecule has 0 N–H and O–H groups in total. The highest BCUT2D eigenvalue weighted by molar-refractivity contribution is 6.46. The van der Waals surface area contributed by atoms with Gasteiger partial charge in [0.25, 0.3) is 0 Å². The van der Waals surface area contributed by atoms with Gasteiger partial charge in [-0.25, -0.2) is 0 Å². The van der Waals surface area contributed by atoms with Crippen LogP contribution in [-0.4, -0.2) is 0 Å². The fourth-order valence-electron chi connectivity index (χ4n) is 10.4. The van der Waals surface area contributed by atoms with Crippen LogP contribution in [0.5, 0.6) is 0 Å². The Hall–Kier alpha value is -7.28. The summed E-state index contributed by atoms with van der Waals surface area (Å²) in [5, 5.41) is 23.7. The van der Waals surface area contributed by atoms with Crippen LogP contribution in [-0.2, 0) is 0 Å². The SMILES string of the molecule is c1ccc(-c2ccc3c(c2)c2cc4c(-c5ccccc5)c5c6cc7ccc8ccccc8c7c7cccc(c5c(-c5ccccc5)c4c4cccc3c24)c67)cc1. The van der Waals surface area contributed by atoms with Crippen molar-refractivity contribution < 1.29 is 0 Å². The molecule has 0 bridgehead atoms. The Bertz CT molecular complexity index is 3710. The van der Waals surface area contributed by atoms with Gasteiger partial charge in [-0.1, -0.05) is 176 Å². The minimum absolute atomic E-state index is 1.24. The van der Waals surface area contributed by atoms with Gasteiger partial charge in [-0.05, 0) is 149 Å². The summed E-state index contributed by atoms with van der Waals surface area (Å²) < 4.78 is 0. The van der Waals surface area contributed by atoms with Crippen LogP contribution in [0.4, 0.5) is 0 Å². The van der Waals surface area contributed by atoms with Crippen LogP contribution in [0.3, 0.4) is 0 Å². The predicted molar refractivity (Wildman–Crippen MR) is 243 cm³/mol. The van der Waals surface area contributed by atoms with Crippen molar-refractivity contribution in [3.05, 3.63) is 194 Å². The Kier molecular flexibility index (Phi) is 5.98. The van der Waals surface area contributed by atoms with E-state index in [0.29, 0.717) is 0 Å². The van der Waals surface area contributed by atoms with Crippen LogP contribution in [0.25, 0.3) is 130 Å². The van der Waals surface area contributed by atoms with Gasteiger partial charge in [-0.3, -0.25) is 0 Å². The lowest BCUT2D eigenvalue weighted by Gasteiger charge is -2.19. The van der Waals surface area contributed by atoms with E-state index in [2.05, 4.69) is 194 Å². The first-order valence-corrected chi connectivity index (χ1v) is 19.6. The average Bonchev–Trinajstić information content (AvgIpc) is 3.77. The van der Waals surface area contributed by atoms with E-state index in [1.54, 1.807) is 0 Å². The predicted octanol–water partition coefficient (Wildman–Crippen LogP) is 15.9. The molecule has 0 aliphatic rings. The first-order chi connectivity index (χ1) is 27.8. The Balaban J connectivity index is 1.32. The van der Waals surface area contributed by atoms with Crippen LogP contribution in [0.1, 0.15) is 0 Å². The Morgan fingerprint density at radius 3 is 1.48 bits per heavy atom. The van der Waals surface area contributed by atoms with Gasteiger partial charge < -0.3 is 0 Å². The summed E-state index contributed by atoms with van der Waals surface area (Å²) in [7, 11) is 0. The molecule has 0 heteroatoms. The average molecular weight is 705 g/mol. The zero-order valence-corrected chi connectivity index (χ0v) is 30.5. The third kappa shape index (κ3) is 3.93. The van der Waals surface area contributed by atoms with E-state index < -0.39 is 0 Å². The molecule has 256 valence electrons. The first kappa shape index (κ1) is 30.1. The molecule has 0 nitrogen and oxygen atoms in total. The molecular formula is C56H32. The molecule has 0 spiro atoms. The maximum Gasteiger partial charge on any atom is -0.000718 e. The number of fused-ring (bicyclic) bond motifs is 12. The Labute approximate surface area is 323 Å². The van der Waals surface area contributed by atoms with E-state index in [1.165, 1.54) is 130 Å². The molecule has 0 atom stereocenters. The summed E-state index contributed by atoms with van der Waals surface area (Å²) in [6, 6.07) is 72.7. The van der Waals surface area contributed by atoms with Gasteiger partial charge in [0.05, 0.1) is 0 Å². The summed E-state index contributed by atoms with van der Waals surface area (Å²) in [5.41, 5.74) is 7.60. The molecule has 13 aromatic rings. The van der Waals surface area contributed by atoms with Crippen molar-refractivity contribution in [1.82, 2.24) is 0 Å². The molecule has 0 saturated carbocycles. The lowest BCUT2D eigenvalue weighted by molar-refractivity contribution is 1.66. The van der Waals surface area contributed by atoms with Crippen molar-refractivity contribution in [1.29, 1.82) is 0 Å². The van der Waals surface area contributed by atoms with E-state index in [1.807, 2.05) is 0 Å². The maximum atomic E-state index is 2.55. The molecule has 0 radical (unpaired) electrons. The summed E-state index contributed by atoms with van der Waals surface area (Å²) >= 11 is 0. The largest absolute Gasteiger partial charge is 0.0622 e. The van der Waals surface area contributed by atoms with Crippen LogP contribution in [0.2, 0.25) is 0 Å². The zero-order chi connectivity index (χ0) is 36.5. The van der Waals surface area contributed by atoms with Gasteiger partial charge in [0.15, 0.2) is 0 Å². The lowest BCUT2D eigenvalue weighted by Crippen LogP contribution is -1.91. The normalized spacial score (nSPS) is 12.3. The molecule has 0 aromatic heterocycles. The molecule has 0 unspecified atom stereocenters. The first-order valence-electron chi connectivity index (χ1n) is 19.6. The van der Waals surface area contributed by atoms with Gasteiger partial charge in [-0.15, -0.1) is 0 Å². The van der Waals surface area contributed by atoms with Gasteiger partial charge in [-0.2, -0.15) is 0 Å². The van der Waals surface area contributed by atoms with E-state index in [9.17, 15) is 0 Å². The van der Waals surface area contributed by atoms with Crippen LogP contribution in [0, 0.1) is 0 Å². The smallest absolute Gasteiger partial charge is 0.000718 e. The zero-order valence-electron chi connectivity index (χ0n) is 30.5. The molecule has 0 heterocycles. The van der Waals surface area contributed by atoms with Crippen molar-refractivity contribution in [2.45, 2.75) is 0 Å². The quantitative estimate of drug-likeness (QED) is 0.161. The van der Waals surface area contributed by atoms with E-state index >= 15 is 0 Å². The Morgan fingerprint density at radius 1 is 0.179 bits per heavy atom. The molecule has 13 aromatic carbocycles. The highest BCUT2D eigenvalue weighted by Crippen LogP contribution is 2.55. The summed E-state index contributed by atoms with van der Waals surface area (Å²) in [6.45, 7) is 0. The highest BCUT2D eigenvalue weighted by atomic mass is 14.3. The van der Waals surface area contributed by atoms with Crippen LogP contribution >= 0.6 is 0 Å². The number of rotatable bonds is 3. The van der Waals surface area contributed by atoms with Gasteiger partial charge in [0.1, 0.15) is 0 Å². The van der Waals surface area contributed by atoms with Crippen molar-refractivity contribution in [3.63, 3.8) is 0 Å². The summed E-state index contributed by atoms with van der Waals surface area (Å²) in [5.74, 6) is 0. The van der Waals surface area contributed by atoms with Crippen molar-refractivity contribution >= 4 is 97.0 Å². The Morgan fingerprint density at radius 2 is 0.732 bits per heavy atom. The monoisotopic (exact) mass is 704 g/mol. The van der Waals surface area contributed by atoms with Crippen molar-refractivity contribution in [3.8, 4) is 33.4 Å². The highest BCUT2D eigenvalue weighted by Gasteiger charge is 2.27. The van der Waals surface area contributed by atoms with Crippen LogP contribution in [0.15, 0.2) is 194 Å². The molecule has 0 saturated heterocycles. The number of hydrogen-bond donors (Lipinski definition) is 0. The second-order valence-corrected chi connectivity index (χ2v) is 15.5. The molecular weight excluding hydrogens is 673 g/mol. The molecule has 0 aliphatic heterocycles. The molecule has 13 rings (SSSR count). The minimum Gasteiger partial charge on any atom is -0.0622 e. The van der Waals surface area contributed by atoms with Gasteiger partial charge >= 0.3 is 0 Å². The third-order valence-electron chi connectivity index (χ3n) is 12.7. The third-order valence-corrected chi connectivity index (χ3v) is 12.7. The standard InChI is InChI=1S/C56H32/c1-4-14-33(15-5-1)37-28-29-40-41-22-12-24-43-52(41)46(45(40)30-37)32-48-50(35-17-6-2-7-18-35)56-47-31-38-27-26-34-16-10-11-21-39(34)49(38)42-23-13-25-44(53(42)47)55(56)51(54(43)48)36-19-8-3-9-20-36/h1-32H. The van der Waals surface area contributed by atoms with Crippen molar-refractivity contribution in [2.24, 2.45) is 0 Å². The van der Waals surface area contributed by atoms with Crippen LogP contribution < -0.4 is 0 Å². The van der Waals surface area contributed by atoms with Gasteiger partial charge in [0.2, 0.25) is 0 Å². The maximum absolute atomic E-state index is 2.55. The number of benzene rings is 11. The minimum atomic E-state index is 1.24. The van der Waals surface area contributed by atoms with Gasteiger partial charge in [0, 0.05) is 0 Å². The fraction of sp³-hybridized carbons (Fsp3) is 0. The van der Waals surface area contributed by atoms with Crippen molar-refractivity contribution in [2.75, 3.05) is 0 Å². The second-order valence-electron chi connectivity index (χ2n) is 15.5. The van der Waals surface area contributed by atoms with E-state index in [4.69, 9.17) is 0 Å². The summed E-state index contributed by atoms with van der Waals surface area (Å²) in [6.07, 6.45) is 0. The molecule has 0 fully saturated rings. The molecule has 56 heavy (non-hydrogen) atoms. The second kappa shape index (κ2) is 11.1. The summed E-state index contributed by atoms with van der Waals surface area (Å²) in [4.78, 5) is 0. The van der Waals surface area contributed by atoms with E-state index in [-0.39, 0.29) is 0 Å². The topological polar surface area (TPSA) is 0 Å². The molecule has 0 amide bonds. The fourth-order valence-corrected chi connectivity index (χ4v) is 10.4. The van der Waals surface area contributed by atoms with E-state index in [0.717, 1.165) is 0 Å². The number of hydrogen-bond acceptors (Lipinski definition) is 0. The molecule has 0 aliphatic carbocycles. The lowest BCUT2D eigenvalue weighted by atomic mass is 9.83.